The fourth-order valence-electron chi connectivity index (χ4n) is 0. The molecule has 0 aromatic heterocycles. The predicted molar refractivity (Wildman–Crippen MR) is 15.0 cm³/mol. The quantitative estimate of drug-likeness (QED) is 0.525. The molecule has 0 unspecified atom stereocenters. The number of hydrogen-bond donors (Lipinski definition) is 0. The standard InChI is InChI=1S/CF3O2S.Cu/c2-1(3,4)7(5)6;. The van der Waals surface area contributed by atoms with E-state index in [9.17, 15) is 21.6 Å². The SMILES string of the molecule is O=[S](=O)([Cu])C(F)(F)F. The molecule has 0 atom stereocenters. The maximum atomic E-state index is 10.9. The summed E-state index contributed by atoms with van der Waals surface area (Å²) in [6, 6.07) is 0. The van der Waals surface area contributed by atoms with Gasteiger partial charge in [0.15, 0.2) is 0 Å². The van der Waals surface area contributed by atoms with E-state index in [1.165, 1.54) is 0 Å². The summed E-state index contributed by atoms with van der Waals surface area (Å²) < 4.78 is 51.3. The van der Waals surface area contributed by atoms with Gasteiger partial charge >= 0.3 is 50.2 Å². The maximum absolute atomic E-state index is 10.9. The van der Waals surface area contributed by atoms with Crippen LogP contribution < -0.4 is 0 Å². The zero-order valence-corrected chi connectivity index (χ0v) is 4.92. The van der Waals surface area contributed by atoms with Crippen molar-refractivity contribution < 1.29 is 36.5 Å². The van der Waals surface area contributed by atoms with Crippen LogP contribution >= 0.6 is 0 Å². The topological polar surface area (TPSA) is 34.1 Å². The van der Waals surface area contributed by atoms with E-state index < -0.39 is 13.8 Å². The Balaban J connectivity index is 4.53. The van der Waals surface area contributed by atoms with E-state index in [0.717, 1.165) is 0 Å². The number of alkyl halides is 3. The van der Waals surface area contributed by atoms with Gasteiger partial charge in [0.25, 0.3) is 0 Å². The molecule has 7 heteroatoms. The van der Waals surface area contributed by atoms with Crippen molar-refractivity contribution in [2.75, 3.05) is 0 Å². The van der Waals surface area contributed by atoms with Gasteiger partial charge in [0.2, 0.25) is 0 Å². The summed E-state index contributed by atoms with van der Waals surface area (Å²) in [5.41, 5.74) is -5.28. The molecule has 0 aliphatic rings. The van der Waals surface area contributed by atoms with Crippen LogP contribution in [0, 0.1) is 0 Å². The zero-order chi connectivity index (χ0) is 7.00. The molecule has 0 spiro atoms. The minimum absolute atomic E-state index is 3.22. The molecule has 0 saturated heterocycles. The van der Waals surface area contributed by atoms with Crippen LogP contribution in [0.25, 0.3) is 0 Å². The van der Waals surface area contributed by atoms with E-state index in [2.05, 4.69) is 14.9 Å². The second kappa shape index (κ2) is 1.89. The zero-order valence-electron chi connectivity index (χ0n) is 3.16. The van der Waals surface area contributed by atoms with Crippen molar-refractivity contribution in [2.45, 2.75) is 5.51 Å². The molecule has 0 aromatic rings. The molecule has 0 fully saturated rings. The van der Waals surface area contributed by atoms with Crippen molar-refractivity contribution in [1.29, 1.82) is 0 Å². The second-order valence-corrected chi connectivity index (χ2v) is 3.62. The van der Waals surface area contributed by atoms with Crippen molar-refractivity contribution in [3.8, 4) is 0 Å². The second-order valence-electron chi connectivity index (χ2n) is 0.842. The molecule has 0 saturated carbocycles. The van der Waals surface area contributed by atoms with Gasteiger partial charge in [0, 0.05) is 0 Å². The summed E-state index contributed by atoms with van der Waals surface area (Å²) in [5.74, 6) is 0. The van der Waals surface area contributed by atoms with Gasteiger partial charge in [0.1, 0.15) is 0 Å². The van der Waals surface area contributed by atoms with Crippen LogP contribution in [0.15, 0.2) is 0 Å². The third kappa shape index (κ3) is 2.02. The van der Waals surface area contributed by atoms with Crippen LogP contribution in [-0.4, -0.2) is 13.9 Å². The summed E-state index contributed by atoms with van der Waals surface area (Å²) in [7, 11) is -5.28. The summed E-state index contributed by atoms with van der Waals surface area (Å²) in [6.45, 7) is 0. The first-order chi connectivity index (χ1) is 3.25. The van der Waals surface area contributed by atoms with Crippen LogP contribution in [0.5, 0.6) is 0 Å². The molecular formula is CCuF3O2S. The molecule has 0 N–H and O–H groups in total. The Morgan fingerprint density at radius 3 is 1.38 bits per heavy atom. The van der Waals surface area contributed by atoms with Crippen molar-refractivity contribution in [1.82, 2.24) is 0 Å². The molecule has 0 radical (unpaired) electrons. The third-order valence-corrected chi connectivity index (χ3v) is 1.43. The Hall–Kier alpha value is 0.259. The first-order valence-electron chi connectivity index (χ1n) is 1.23. The van der Waals surface area contributed by atoms with Gasteiger partial charge < -0.3 is 0 Å². The number of halogens is 3. The Morgan fingerprint density at radius 2 is 1.38 bits per heavy atom. The van der Waals surface area contributed by atoms with Crippen LogP contribution in [-0.2, 0) is 23.1 Å². The third-order valence-electron chi connectivity index (χ3n) is 0.259. The monoisotopic (exact) mass is 196 g/mol. The average molecular weight is 197 g/mol. The number of rotatable bonds is 0. The van der Waals surface area contributed by atoms with Crippen LogP contribution in [0.3, 0.4) is 0 Å². The molecule has 0 heterocycles. The van der Waals surface area contributed by atoms with Crippen molar-refractivity contribution in [2.24, 2.45) is 0 Å². The summed E-state index contributed by atoms with van der Waals surface area (Å²) >= 11 is 3.22. The van der Waals surface area contributed by atoms with Crippen LogP contribution in [0.4, 0.5) is 13.2 Å². The van der Waals surface area contributed by atoms with Crippen molar-refractivity contribution in [3.05, 3.63) is 0 Å². The summed E-state index contributed by atoms with van der Waals surface area (Å²) in [6.07, 6.45) is 0. The van der Waals surface area contributed by atoms with Gasteiger partial charge in [-0.3, -0.25) is 0 Å². The van der Waals surface area contributed by atoms with Gasteiger partial charge in [-0.2, -0.15) is 0 Å². The predicted octanol–water partition coefficient (Wildman–Crippen LogP) is 0.383. The number of hydrogen-bond acceptors (Lipinski definition) is 2. The Labute approximate surface area is 50.9 Å². The van der Waals surface area contributed by atoms with Gasteiger partial charge in [0.05, 0.1) is 0 Å². The van der Waals surface area contributed by atoms with Gasteiger partial charge in [-0.1, -0.05) is 0 Å². The molecule has 0 rings (SSSR count). The van der Waals surface area contributed by atoms with E-state index in [0.29, 0.717) is 0 Å². The van der Waals surface area contributed by atoms with Gasteiger partial charge in [-0.15, -0.1) is 0 Å². The summed E-state index contributed by atoms with van der Waals surface area (Å²) in [4.78, 5) is 0. The Kier molecular flexibility index (Phi) is 1.95. The van der Waals surface area contributed by atoms with Gasteiger partial charge in [-0.05, 0) is 0 Å². The molecule has 8 heavy (non-hydrogen) atoms. The molecule has 54 valence electrons. The van der Waals surface area contributed by atoms with Crippen LogP contribution in [0.2, 0.25) is 0 Å². The first kappa shape index (κ1) is 8.26. The fraction of sp³-hybridized carbons (Fsp3) is 1.00. The molecule has 0 aliphatic heterocycles. The molecule has 0 amide bonds. The van der Waals surface area contributed by atoms with Gasteiger partial charge in [-0.25, -0.2) is 0 Å². The minimum atomic E-state index is -5.28. The normalized spacial score (nSPS) is 14.1. The Morgan fingerprint density at radius 1 is 1.25 bits per heavy atom. The van der Waals surface area contributed by atoms with Crippen LogP contribution in [0.1, 0.15) is 0 Å². The Bertz CT molecular complexity index is 166. The van der Waals surface area contributed by atoms with E-state index >= 15 is 0 Å². The van der Waals surface area contributed by atoms with E-state index in [4.69, 9.17) is 0 Å². The molecular weight excluding hydrogens is 197 g/mol. The summed E-state index contributed by atoms with van der Waals surface area (Å²) in [5, 5.41) is 0. The average Bonchev–Trinajstić information content (AvgIpc) is 1.25. The fourth-order valence-corrected chi connectivity index (χ4v) is 0. The molecule has 0 aliphatic carbocycles. The van der Waals surface area contributed by atoms with E-state index in [1.807, 2.05) is 0 Å². The van der Waals surface area contributed by atoms with E-state index in [1.54, 1.807) is 0 Å². The first-order valence-corrected chi connectivity index (χ1v) is 3.70. The molecule has 0 bridgehead atoms. The molecule has 2 nitrogen and oxygen atoms in total. The van der Waals surface area contributed by atoms with E-state index in [-0.39, 0.29) is 0 Å². The van der Waals surface area contributed by atoms with Crippen molar-refractivity contribution in [3.63, 3.8) is 0 Å². The van der Waals surface area contributed by atoms with Crippen molar-refractivity contribution >= 4 is 8.26 Å². The molecule has 0 aromatic carbocycles.